The van der Waals surface area contributed by atoms with Crippen molar-refractivity contribution in [3.05, 3.63) is 75.8 Å². The Labute approximate surface area is 155 Å². The number of carbonyl (C=O) groups is 2. The van der Waals surface area contributed by atoms with Gasteiger partial charge in [-0.15, -0.1) is 0 Å². The van der Waals surface area contributed by atoms with Crippen LogP contribution in [0.1, 0.15) is 22.8 Å². The zero-order chi connectivity index (χ0) is 19.4. The van der Waals surface area contributed by atoms with Gasteiger partial charge in [-0.05, 0) is 25.1 Å². The zero-order valence-corrected chi connectivity index (χ0v) is 14.6. The summed E-state index contributed by atoms with van der Waals surface area (Å²) >= 11 is 0. The molecule has 0 aromatic heterocycles. The fraction of sp³-hybridized carbons (Fsp3) is 0.158. The molecule has 1 heterocycles. The number of benzene rings is 2. The molecule has 0 saturated heterocycles. The molecule has 1 aliphatic rings. The van der Waals surface area contributed by atoms with Gasteiger partial charge in [0.15, 0.2) is 0 Å². The molecule has 0 atom stereocenters. The van der Waals surface area contributed by atoms with E-state index in [1.807, 2.05) is 6.92 Å². The number of hydrogen-bond acceptors (Lipinski definition) is 4. The average molecular weight is 366 g/mol. The number of para-hydroxylation sites is 1. The van der Waals surface area contributed by atoms with Gasteiger partial charge < -0.3 is 10.6 Å². The van der Waals surface area contributed by atoms with E-state index < -0.39 is 11.0 Å². The number of non-ortho nitro benzene ring substituents is 1. The van der Waals surface area contributed by atoms with Crippen molar-refractivity contribution in [1.82, 2.24) is 10.6 Å². The number of rotatable bonds is 5. The summed E-state index contributed by atoms with van der Waals surface area (Å²) in [6.07, 6.45) is 1.76. The number of nitrogens with zero attached hydrogens (tertiary/aromatic N) is 2. The molecule has 0 unspecified atom stereocenters. The van der Waals surface area contributed by atoms with Gasteiger partial charge in [-0.1, -0.05) is 24.3 Å². The minimum atomic E-state index is -0.483. The summed E-state index contributed by atoms with van der Waals surface area (Å²) in [5, 5.41) is 16.4. The highest BCUT2D eigenvalue weighted by atomic mass is 16.6. The lowest BCUT2D eigenvalue weighted by Gasteiger charge is -2.28. The van der Waals surface area contributed by atoms with Gasteiger partial charge in [-0.2, -0.15) is 0 Å². The Bertz CT molecular complexity index is 939. The van der Waals surface area contributed by atoms with Gasteiger partial charge in [-0.3, -0.25) is 19.8 Å². The van der Waals surface area contributed by atoms with Crippen LogP contribution >= 0.6 is 0 Å². The summed E-state index contributed by atoms with van der Waals surface area (Å²) in [6, 6.07) is 12.5. The van der Waals surface area contributed by atoms with E-state index in [0.29, 0.717) is 29.1 Å². The van der Waals surface area contributed by atoms with Crippen LogP contribution in [0, 0.1) is 10.1 Å². The smallest absolute Gasteiger partial charge is 0.326 e. The maximum absolute atomic E-state index is 12.6. The lowest BCUT2D eigenvalue weighted by atomic mass is 10.1. The molecule has 2 aromatic rings. The molecule has 0 saturated carbocycles. The van der Waals surface area contributed by atoms with Gasteiger partial charge in [0.05, 0.1) is 16.2 Å². The van der Waals surface area contributed by atoms with E-state index in [1.165, 1.54) is 17.0 Å². The molecule has 0 fully saturated rings. The number of urea groups is 1. The highest BCUT2D eigenvalue weighted by Crippen LogP contribution is 2.25. The van der Waals surface area contributed by atoms with Gasteiger partial charge in [0, 0.05) is 36.5 Å². The third-order valence-corrected chi connectivity index (χ3v) is 4.11. The predicted molar refractivity (Wildman–Crippen MR) is 101 cm³/mol. The number of carbonyl (C=O) groups excluding carboxylic acids is 2. The normalized spacial score (nSPS) is 13.6. The van der Waals surface area contributed by atoms with E-state index in [2.05, 4.69) is 10.6 Å². The minimum absolute atomic E-state index is 0.0494. The second kappa shape index (κ2) is 7.69. The molecule has 1 aliphatic heterocycles. The van der Waals surface area contributed by atoms with Crippen molar-refractivity contribution in [3.8, 4) is 0 Å². The Kier molecular flexibility index (Phi) is 5.16. The third kappa shape index (κ3) is 3.79. The minimum Gasteiger partial charge on any atom is -0.352 e. The SMILES string of the molecule is CCNC(=O)c1ccccc1N1CC=C(c2cccc([N+](=O)[O-])c2)NC1=O. The standard InChI is InChI=1S/C19H18N4O4/c1-2-20-18(24)15-8-3-4-9-17(15)22-11-10-16(21-19(22)25)13-6-5-7-14(12-13)23(26)27/h3-10,12H,2,11H2,1H3,(H,20,24)(H,21,25). The molecular weight excluding hydrogens is 348 g/mol. The van der Waals surface area contributed by atoms with Crippen molar-refractivity contribution in [1.29, 1.82) is 0 Å². The number of hydrogen-bond donors (Lipinski definition) is 2. The molecule has 8 heteroatoms. The molecule has 0 radical (unpaired) electrons. The summed E-state index contributed by atoms with van der Waals surface area (Å²) < 4.78 is 0. The first-order valence-electron chi connectivity index (χ1n) is 8.42. The van der Waals surface area contributed by atoms with Crippen molar-refractivity contribution in [3.63, 3.8) is 0 Å². The lowest BCUT2D eigenvalue weighted by Crippen LogP contribution is -2.44. The van der Waals surface area contributed by atoms with Crippen LogP contribution in [0.2, 0.25) is 0 Å². The van der Waals surface area contributed by atoms with Crippen LogP contribution in [0.5, 0.6) is 0 Å². The van der Waals surface area contributed by atoms with Crippen LogP contribution in [0.4, 0.5) is 16.2 Å². The Morgan fingerprint density at radius 1 is 1.26 bits per heavy atom. The Morgan fingerprint density at radius 2 is 2.04 bits per heavy atom. The zero-order valence-electron chi connectivity index (χ0n) is 14.6. The molecule has 138 valence electrons. The molecule has 3 amide bonds. The topological polar surface area (TPSA) is 105 Å². The highest BCUT2D eigenvalue weighted by molar-refractivity contribution is 6.07. The number of nitro benzene ring substituents is 1. The van der Waals surface area contributed by atoms with E-state index in [9.17, 15) is 19.7 Å². The average Bonchev–Trinajstić information content (AvgIpc) is 2.68. The first kappa shape index (κ1) is 18.1. The molecule has 2 N–H and O–H groups in total. The van der Waals surface area contributed by atoms with Crippen molar-refractivity contribution in [2.24, 2.45) is 0 Å². The highest BCUT2D eigenvalue weighted by Gasteiger charge is 2.25. The van der Waals surface area contributed by atoms with Gasteiger partial charge >= 0.3 is 6.03 Å². The largest absolute Gasteiger partial charge is 0.352 e. The van der Waals surface area contributed by atoms with Crippen LogP contribution in [-0.2, 0) is 0 Å². The quantitative estimate of drug-likeness (QED) is 0.627. The Morgan fingerprint density at radius 3 is 2.74 bits per heavy atom. The summed E-state index contributed by atoms with van der Waals surface area (Å²) in [6.45, 7) is 2.54. The fourth-order valence-electron chi connectivity index (χ4n) is 2.84. The molecule has 0 spiro atoms. The van der Waals surface area contributed by atoms with Gasteiger partial charge in [0.25, 0.3) is 11.6 Å². The summed E-state index contributed by atoms with van der Waals surface area (Å²) in [5.74, 6) is -0.255. The van der Waals surface area contributed by atoms with E-state index in [0.717, 1.165) is 0 Å². The van der Waals surface area contributed by atoms with E-state index >= 15 is 0 Å². The first-order valence-corrected chi connectivity index (χ1v) is 8.42. The number of nitrogens with one attached hydrogen (secondary N) is 2. The second-order valence-electron chi connectivity index (χ2n) is 5.84. The molecule has 0 aliphatic carbocycles. The van der Waals surface area contributed by atoms with Gasteiger partial charge in [0.1, 0.15) is 0 Å². The molecule has 2 aromatic carbocycles. The molecular formula is C19H18N4O4. The van der Waals surface area contributed by atoms with E-state index in [1.54, 1.807) is 42.5 Å². The molecule has 0 bridgehead atoms. The van der Waals surface area contributed by atoms with Crippen molar-refractivity contribution < 1.29 is 14.5 Å². The molecule has 8 nitrogen and oxygen atoms in total. The van der Waals surface area contributed by atoms with E-state index in [4.69, 9.17) is 0 Å². The first-order chi connectivity index (χ1) is 13.0. The van der Waals surface area contributed by atoms with Crippen LogP contribution in [0.25, 0.3) is 5.70 Å². The maximum Gasteiger partial charge on any atom is 0.326 e. The van der Waals surface area contributed by atoms with Gasteiger partial charge in [0.2, 0.25) is 0 Å². The molecule has 3 rings (SSSR count). The lowest BCUT2D eigenvalue weighted by molar-refractivity contribution is -0.384. The third-order valence-electron chi connectivity index (χ3n) is 4.11. The monoisotopic (exact) mass is 366 g/mol. The summed E-state index contributed by atoms with van der Waals surface area (Å²) in [7, 11) is 0. The summed E-state index contributed by atoms with van der Waals surface area (Å²) in [4.78, 5) is 36.8. The molecule has 27 heavy (non-hydrogen) atoms. The van der Waals surface area contributed by atoms with E-state index in [-0.39, 0.29) is 18.1 Å². The van der Waals surface area contributed by atoms with Crippen molar-refractivity contribution in [2.75, 3.05) is 18.0 Å². The predicted octanol–water partition coefficient (Wildman–Crippen LogP) is 2.92. The number of amides is 3. The fourth-order valence-corrected chi connectivity index (χ4v) is 2.84. The number of nitro groups is 1. The Hall–Kier alpha value is -3.68. The van der Waals surface area contributed by atoms with Crippen LogP contribution in [0.15, 0.2) is 54.6 Å². The van der Waals surface area contributed by atoms with Crippen LogP contribution < -0.4 is 15.5 Å². The maximum atomic E-state index is 12.6. The van der Waals surface area contributed by atoms with Crippen molar-refractivity contribution >= 4 is 29.0 Å². The Balaban J connectivity index is 1.89. The number of anilines is 1. The second-order valence-corrected chi connectivity index (χ2v) is 5.84. The van der Waals surface area contributed by atoms with Crippen molar-refractivity contribution in [2.45, 2.75) is 6.92 Å². The van der Waals surface area contributed by atoms with Crippen LogP contribution in [0.3, 0.4) is 0 Å². The van der Waals surface area contributed by atoms with Crippen LogP contribution in [-0.4, -0.2) is 30.0 Å². The summed E-state index contributed by atoms with van der Waals surface area (Å²) in [5.41, 5.74) is 1.90. The van der Waals surface area contributed by atoms with Gasteiger partial charge in [-0.25, -0.2) is 4.79 Å².